The van der Waals surface area contributed by atoms with Gasteiger partial charge in [0.1, 0.15) is 4.90 Å². The van der Waals surface area contributed by atoms with Crippen molar-refractivity contribution in [2.45, 2.75) is 63.1 Å². The van der Waals surface area contributed by atoms with Gasteiger partial charge in [-0.2, -0.15) is 0 Å². The average molecular weight is 389 g/mol. The Labute approximate surface area is 153 Å². The summed E-state index contributed by atoms with van der Waals surface area (Å²) >= 11 is 5.97. The molecule has 0 saturated heterocycles. The van der Waals surface area contributed by atoms with Gasteiger partial charge in [0, 0.05) is 6.04 Å². The Morgan fingerprint density at radius 1 is 1.36 bits per heavy atom. The Hall–Kier alpha value is -1.47. The summed E-state index contributed by atoms with van der Waals surface area (Å²) < 4.78 is 24.8. The number of sulfone groups is 1. The maximum absolute atomic E-state index is 12.4. The predicted octanol–water partition coefficient (Wildman–Crippen LogP) is 3.93. The highest BCUT2D eigenvalue weighted by molar-refractivity contribution is 7.92. The Morgan fingerprint density at radius 3 is 2.52 bits per heavy atom. The van der Waals surface area contributed by atoms with Crippen LogP contribution < -0.4 is 10.6 Å². The molecule has 1 unspecified atom stereocenters. The van der Waals surface area contributed by atoms with Crippen LogP contribution in [0.25, 0.3) is 0 Å². The zero-order valence-corrected chi connectivity index (χ0v) is 16.5. The molecule has 2 rings (SSSR count). The molecule has 0 heterocycles. The van der Waals surface area contributed by atoms with Gasteiger partial charge in [0.2, 0.25) is 0 Å². The first-order valence-corrected chi connectivity index (χ1v) is 10.2. The number of carbonyl (C=O) groups excluding carboxylic acids is 1. The highest BCUT2D eigenvalue weighted by Gasteiger charge is 2.35. The van der Waals surface area contributed by atoms with Gasteiger partial charge in [-0.05, 0) is 44.2 Å². The number of hydrogen-bond acceptors (Lipinski definition) is 4. The van der Waals surface area contributed by atoms with Crippen LogP contribution in [0.1, 0.15) is 47.0 Å². The highest BCUT2D eigenvalue weighted by Crippen LogP contribution is 2.39. The van der Waals surface area contributed by atoms with Crippen LogP contribution in [0.15, 0.2) is 17.0 Å². The smallest absolute Gasteiger partial charge is 0.319 e. The van der Waals surface area contributed by atoms with Gasteiger partial charge in [0.25, 0.3) is 0 Å². The predicted molar refractivity (Wildman–Crippen MR) is 99.0 cm³/mol. The second-order valence-electron chi connectivity index (χ2n) is 7.40. The molecule has 3 N–H and O–H groups in total. The number of urea groups is 1. The van der Waals surface area contributed by atoms with Crippen molar-refractivity contribution >= 4 is 33.2 Å². The number of rotatable bonds is 4. The molecule has 0 aliphatic heterocycles. The normalized spacial score (nSPS) is 19.8. The van der Waals surface area contributed by atoms with Crippen LogP contribution in [-0.2, 0) is 9.84 Å². The average Bonchev–Trinajstić information content (AvgIpc) is 2.80. The van der Waals surface area contributed by atoms with Gasteiger partial charge in [-0.3, -0.25) is 0 Å². The van der Waals surface area contributed by atoms with Crippen LogP contribution in [-0.4, -0.2) is 30.8 Å². The number of hydrogen-bond donors (Lipinski definition) is 3. The van der Waals surface area contributed by atoms with Gasteiger partial charge in [0.15, 0.2) is 15.6 Å². The van der Waals surface area contributed by atoms with Crippen LogP contribution in [0.4, 0.5) is 10.5 Å². The van der Waals surface area contributed by atoms with Gasteiger partial charge in [0.05, 0.1) is 16.0 Å². The molecule has 140 valence electrons. The summed E-state index contributed by atoms with van der Waals surface area (Å²) in [7, 11) is -3.79. The Balaban J connectivity index is 2.25. The van der Waals surface area contributed by atoms with Crippen LogP contribution in [0, 0.1) is 5.41 Å². The molecule has 1 saturated carbocycles. The molecule has 25 heavy (non-hydrogen) atoms. The first-order valence-electron chi connectivity index (χ1n) is 8.29. The van der Waals surface area contributed by atoms with E-state index in [1.165, 1.54) is 26.0 Å². The molecular formula is C17H25ClN2O4S. The summed E-state index contributed by atoms with van der Waals surface area (Å²) in [6, 6.07) is 2.29. The van der Waals surface area contributed by atoms with Crippen molar-refractivity contribution < 1.29 is 18.3 Å². The minimum Gasteiger partial charge on any atom is -0.504 e. The van der Waals surface area contributed by atoms with E-state index in [9.17, 15) is 18.3 Å². The van der Waals surface area contributed by atoms with Gasteiger partial charge in [-0.1, -0.05) is 31.9 Å². The number of amides is 2. The van der Waals surface area contributed by atoms with Crippen LogP contribution in [0.3, 0.4) is 0 Å². The fraction of sp³-hybridized carbons (Fsp3) is 0.588. The van der Waals surface area contributed by atoms with Crippen LogP contribution in [0.5, 0.6) is 5.75 Å². The molecule has 1 aromatic carbocycles. The number of halogens is 1. The number of phenolic OH excluding ortho intramolecular Hbond substituents is 1. The molecule has 1 aliphatic rings. The van der Waals surface area contributed by atoms with E-state index < -0.39 is 26.9 Å². The third kappa shape index (κ3) is 4.03. The number of carbonyl (C=O) groups is 1. The molecule has 1 atom stereocenters. The lowest BCUT2D eigenvalue weighted by molar-refractivity contribution is 0.233. The third-order valence-corrected chi connectivity index (χ3v) is 7.45. The Bertz CT molecular complexity index is 775. The summed E-state index contributed by atoms with van der Waals surface area (Å²) in [6.07, 6.45) is 2.96. The standard InChI is InChI=1S/C17H25ClN2O4S/c1-10(2)25(23,24)15-11(18)7-8-12(14(15)21)19-16(22)20-13-6-5-9-17(13,3)4/h7-8,10,13,21H,5-6,9H2,1-4H3,(H2,19,20,22). The number of phenols is 1. The molecule has 0 aromatic heterocycles. The van der Waals surface area contributed by atoms with E-state index in [0.29, 0.717) is 0 Å². The van der Waals surface area contributed by atoms with E-state index in [1.54, 1.807) is 0 Å². The van der Waals surface area contributed by atoms with Crippen molar-refractivity contribution in [3.8, 4) is 5.75 Å². The first kappa shape index (κ1) is 19.8. The van der Waals surface area contributed by atoms with Crippen molar-refractivity contribution in [2.24, 2.45) is 5.41 Å². The first-order chi connectivity index (χ1) is 11.5. The molecule has 0 radical (unpaired) electrons. The molecular weight excluding hydrogens is 364 g/mol. The van der Waals surface area contributed by atoms with E-state index in [1.807, 2.05) is 0 Å². The quantitative estimate of drug-likeness (QED) is 0.681. The van der Waals surface area contributed by atoms with E-state index in [0.717, 1.165) is 19.3 Å². The highest BCUT2D eigenvalue weighted by atomic mass is 35.5. The zero-order valence-electron chi connectivity index (χ0n) is 14.9. The molecule has 2 amide bonds. The second kappa shape index (κ2) is 7.03. The monoisotopic (exact) mass is 388 g/mol. The topological polar surface area (TPSA) is 95.5 Å². The Kier molecular flexibility index (Phi) is 5.59. The fourth-order valence-electron chi connectivity index (χ4n) is 3.06. The number of anilines is 1. The molecule has 0 spiro atoms. The zero-order chi connectivity index (χ0) is 19.0. The van der Waals surface area contributed by atoms with Gasteiger partial charge in [-0.15, -0.1) is 0 Å². The minimum atomic E-state index is -3.79. The number of aromatic hydroxyl groups is 1. The maximum atomic E-state index is 12.4. The Morgan fingerprint density at radius 2 is 2.00 bits per heavy atom. The lowest BCUT2D eigenvalue weighted by atomic mass is 9.87. The van der Waals surface area contributed by atoms with E-state index in [-0.39, 0.29) is 27.1 Å². The molecule has 1 fully saturated rings. The minimum absolute atomic E-state index is 0.00548. The van der Waals surface area contributed by atoms with Crippen molar-refractivity contribution in [3.63, 3.8) is 0 Å². The number of nitrogens with one attached hydrogen (secondary N) is 2. The fourth-order valence-corrected chi connectivity index (χ4v) is 4.73. The SMILES string of the molecule is CC(C)S(=O)(=O)c1c(Cl)ccc(NC(=O)NC2CCCC2(C)C)c1O. The largest absolute Gasteiger partial charge is 0.504 e. The van der Waals surface area contributed by atoms with Crippen LogP contribution in [0.2, 0.25) is 5.02 Å². The van der Waals surface area contributed by atoms with Gasteiger partial charge < -0.3 is 15.7 Å². The summed E-state index contributed by atoms with van der Waals surface area (Å²) in [4.78, 5) is 11.9. The van der Waals surface area contributed by atoms with Crippen molar-refractivity contribution in [1.82, 2.24) is 5.32 Å². The van der Waals surface area contributed by atoms with E-state index >= 15 is 0 Å². The van der Waals surface area contributed by atoms with Crippen molar-refractivity contribution in [2.75, 3.05) is 5.32 Å². The lowest BCUT2D eigenvalue weighted by Gasteiger charge is -2.28. The summed E-state index contributed by atoms with van der Waals surface area (Å²) in [5.74, 6) is -0.540. The van der Waals surface area contributed by atoms with Gasteiger partial charge >= 0.3 is 6.03 Å². The number of benzene rings is 1. The van der Waals surface area contributed by atoms with Crippen molar-refractivity contribution in [1.29, 1.82) is 0 Å². The summed E-state index contributed by atoms with van der Waals surface area (Å²) in [5.41, 5.74) is 0.0165. The van der Waals surface area contributed by atoms with E-state index in [2.05, 4.69) is 24.5 Å². The second-order valence-corrected chi connectivity index (χ2v) is 10.2. The van der Waals surface area contributed by atoms with E-state index in [4.69, 9.17) is 11.6 Å². The molecule has 1 aromatic rings. The molecule has 8 heteroatoms. The summed E-state index contributed by atoms with van der Waals surface area (Å²) in [6.45, 7) is 7.19. The van der Waals surface area contributed by atoms with Crippen LogP contribution >= 0.6 is 11.6 Å². The lowest BCUT2D eigenvalue weighted by Crippen LogP contribution is -2.43. The molecule has 6 nitrogen and oxygen atoms in total. The van der Waals surface area contributed by atoms with Crippen molar-refractivity contribution in [3.05, 3.63) is 17.2 Å². The molecule has 0 bridgehead atoms. The molecule has 1 aliphatic carbocycles. The van der Waals surface area contributed by atoms with Gasteiger partial charge in [-0.25, -0.2) is 13.2 Å². The third-order valence-electron chi connectivity index (χ3n) is 4.80. The summed E-state index contributed by atoms with van der Waals surface area (Å²) in [5, 5.41) is 15.0. The maximum Gasteiger partial charge on any atom is 0.319 e.